The molecule has 0 saturated heterocycles. The van der Waals surface area contributed by atoms with Gasteiger partial charge in [-0.1, -0.05) is 334 Å². The van der Waals surface area contributed by atoms with Crippen molar-refractivity contribution in [1.82, 2.24) is 39.9 Å². The Morgan fingerprint density at radius 3 is 0.972 bits per heavy atom. The molecule has 0 spiro atoms. The summed E-state index contributed by atoms with van der Waals surface area (Å²) in [5.74, 6) is 1.37. The minimum Gasteiger partial charge on any atom is -0.245 e. The highest BCUT2D eigenvalue weighted by Crippen LogP contribution is 2.42. The van der Waals surface area contributed by atoms with E-state index in [1.807, 2.05) is 54.6 Å². The van der Waals surface area contributed by atoms with E-state index in [1.165, 1.54) is 38.9 Å². The maximum atomic E-state index is 5.29. The van der Waals surface area contributed by atoms with Crippen molar-refractivity contribution in [1.29, 1.82) is 0 Å². The first-order valence-electron chi connectivity index (χ1n) is 35.6. The van der Waals surface area contributed by atoms with Crippen molar-refractivity contribution in [3.8, 4) is 124 Å². The first-order valence-corrected chi connectivity index (χ1v) is 35.6. The second-order valence-electron chi connectivity index (χ2n) is 26.5. The number of para-hydroxylation sites is 3. The van der Waals surface area contributed by atoms with Crippen LogP contribution in [0, 0.1) is 0 Å². The lowest BCUT2D eigenvalue weighted by molar-refractivity contribution is 1.18. The van der Waals surface area contributed by atoms with Crippen LogP contribution < -0.4 is 0 Å². The third kappa shape index (κ3) is 12.0. The number of rotatable bonds is 11. The Kier molecular flexibility index (Phi) is 16.1. The summed E-state index contributed by atoms with van der Waals surface area (Å²) in [5.41, 5.74) is 27.2. The normalized spacial score (nSPS) is 11.4. The zero-order valence-corrected chi connectivity index (χ0v) is 57.4. The fraction of sp³-hybridized carbons (Fsp3) is 0. The molecule has 0 aliphatic carbocycles. The molecule has 106 heavy (non-hydrogen) atoms. The third-order valence-electron chi connectivity index (χ3n) is 20.0. The fourth-order valence-electron chi connectivity index (χ4n) is 14.7. The Labute approximate surface area is 612 Å². The Morgan fingerprint density at radius 1 is 0.151 bits per heavy atom. The summed E-state index contributed by atoms with van der Waals surface area (Å²) in [4.78, 5) is 41.3. The number of pyridine rings is 4. The van der Waals surface area contributed by atoms with E-state index in [1.54, 1.807) is 0 Å². The van der Waals surface area contributed by atoms with Gasteiger partial charge in [0.1, 0.15) is 0 Å². The van der Waals surface area contributed by atoms with Gasteiger partial charge in [-0.2, -0.15) is 0 Å². The predicted octanol–water partition coefficient (Wildman–Crippen LogP) is 24.9. The van der Waals surface area contributed by atoms with Crippen molar-refractivity contribution < 1.29 is 0 Å². The monoisotopic (exact) mass is 1350 g/mol. The Balaban J connectivity index is 0.000000145. The number of hydrogen-bond donors (Lipinski definition) is 0. The van der Waals surface area contributed by atoms with Gasteiger partial charge in [0.05, 0.1) is 67.1 Å². The average molecular weight is 1350 g/mol. The van der Waals surface area contributed by atoms with Gasteiger partial charge in [-0.15, -0.1) is 0 Å². The standard InChI is InChI=1S/C50H32N4.C48H30N4/c1-4-12-33(13-5-1)34-20-22-36(23-21-34)45-32-46(54-50(53-45)40-16-8-3-9-17-40)37-26-24-35(25-27-37)43-31-29-39-28-30-42-47(38-14-6-2-7-15-38)41-18-10-11-19-44(41)52-49(42)48(39)51-43;1-3-12-31(13-4-1)32-22-24-34(25-23-32)45-39-19-8-10-21-43(39)51-48(52-45)37-17-11-16-36(30-37)41-29-27-35-26-28-40-44(33-14-5-2-6-15-33)38-18-7-9-20-42(38)50-47(40)46(35)49-41/h1-32H;1-30H. The summed E-state index contributed by atoms with van der Waals surface area (Å²) in [6.45, 7) is 0. The molecule has 0 amide bonds. The molecule has 0 fully saturated rings. The molecule has 0 aliphatic heterocycles. The van der Waals surface area contributed by atoms with Crippen molar-refractivity contribution in [2.75, 3.05) is 0 Å². The lowest BCUT2D eigenvalue weighted by atomic mass is 9.95. The van der Waals surface area contributed by atoms with Gasteiger partial charge in [0, 0.05) is 87.8 Å². The number of hydrogen-bond acceptors (Lipinski definition) is 8. The summed E-state index contributed by atoms with van der Waals surface area (Å²) in [6, 6.07) is 131. The van der Waals surface area contributed by atoms with Gasteiger partial charge in [-0.05, 0) is 75.8 Å². The van der Waals surface area contributed by atoms with Crippen molar-refractivity contribution in [3.05, 3.63) is 376 Å². The van der Waals surface area contributed by atoms with Crippen LogP contribution in [0.25, 0.3) is 200 Å². The van der Waals surface area contributed by atoms with Crippen LogP contribution in [0.3, 0.4) is 0 Å². The third-order valence-corrected chi connectivity index (χ3v) is 20.0. The second kappa shape index (κ2) is 27.2. The second-order valence-corrected chi connectivity index (χ2v) is 26.5. The lowest BCUT2D eigenvalue weighted by Crippen LogP contribution is -1.96. The molecule has 6 aromatic heterocycles. The van der Waals surface area contributed by atoms with Gasteiger partial charge in [0.2, 0.25) is 0 Å². The van der Waals surface area contributed by atoms with E-state index >= 15 is 0 Å². The van der Waals surface area contributed by atoms with E-state index in [4.69, 9.17) is 39.9 Å². The number of benzene rings is 14. The highest BCUT2D eigenvalue weighted by atomic mass is 14.9. The van der Waals surface area contributed by atoms with Crippen LogP contribution in [-0.2, 0) is 0 Å². The molecule has 6 heterocycles. The first-order chi connectivity index (χ1) is 52.5. The highest BCUT2D eigenvalue weighted by Gasteiger charge is 2.20. The van der Waals surface area contributed by atoms with Gasteiger partial charge < -0.3 is 0 Å². The molecule has 0 N–H and O–H groups in total. The average Bonchev–Trinajstić information content (AvgIpc) is 0.743. The van der Waals surface area contributed by atoms with E-state index in [0.717, 1.165) is 149 Å². The summed E-state index contributed by atoms with van der Waals surface area (Å²) in [6.07, 6.45) is 0. The van der Waals surface area contributed by atoms with Gasteiger partial charge in [-0.25, -0.2) is 39.9 Å². The smallest absolute Gasteiger partial charge is 0.160 e. The van der Waals surface area contributed by atoms with E-state index in [-0.39, 0.29) is 0 Å². The lowest BCUT2D eigenvalue weighted by Gasteiger charge is -2.13. The van der Waals surface area contributed by atoms with E-state index in [0.29, 0.717) is 11.6 Å². The molecule has 20 aromatic rings. The Hall–Kier alpha value is -14.3. The quantitative estimate of drug-likeness (QED) is 0.0932. The van der Waals surface area contributed by atoms with Crippen LogP contribution in [0.5, 0.6) is 0 Å². The summed E-state index contributed by atoms with van der Waals surface area (Å²) in [7, 11) is 0. The fourth-order valence-corrected chi connectivity index (χ4v) is 14.7. The highest BCUT2D eigenvalue weighted by molar-refractivity contribution is 6.18. The van der Waals surface area contributed by atoms with Crippen LogP contribution in [0.1, 0.15) is 0 Å². The van der Waals surface area contributed by atoms with Crippen molar-refractivity contribution >= 4 is 76.3 Å². The summed E-state index contributed by atoms with van der Waals surface area (Å²) >= 11 is 0. The van der Waals surface area contributed by atoms with E-state index in [2.05, 4.69) is 322 Å². The molecule has 494 valence electrons. The van der Waals surface area contributed by atoms with Crippen LogP contribution in [-0.4, -0.2) is 39.9 Å². The van der Waals surface area contributed by atoms with E-state index in [9.17, 15) is 0 Å². The predicted molar refractivity (Wildman–Crippen MR) is 438 cm³/mol. The topological polar surface area (TPSA) is 103 Å². The molecular formula is C98H62N8. The van der Waals surface area contributed by atoms with Crippen molar-refractivity contribution in [2.45, 2.75) is 0 Å². The van der Waals surface area contributed by atoms with Gasteiger partial charge in [0.25, 0.3) is 0 Å². The molecule has 8 nitrogen and oxygen atoms in total. The zero-order valence-electron chi connectivity index (χ0n) is 57.4. The number of nitrogens with zero attached hydrogens (tertiary/aromatic N) is 8. The largest absolute Gasteiger partial charge is 0.245 e. The molecule has 0 radical (unpaired) electrons. The van der Waals surface area contributed by atoms with Crippen molar-refractivity contribution in [2.24, 2.45) is 0 Å². The van der Waals surface area contributed by atoms with Crippen LogP contribution in [0.15, 0.2) is 376 Å². The van der Waals surface area contributed by atoms with Crippen LogP contribution in [0.2, 0.25) is 0 Å². The maximum absolute atomic E-state index is 5.29. The summed E-state index contributed by atoms with van der Waals surface area (Å²) < 4.78 is 0. The minimum absolute atomic E-state index is 0.676. The molecule has 8 heteroatoms. The number of fused-ring (bicyclic) bond motifs is 9. The first kappa shape index (κ1) is 62.6. The van der Waals surface area contributed by atoms with Crippen LogP contribution in [0.4, 0.5) is 0 Å². The van der Waals surface area contributed by atoms with Crippen molar-refractivity contribution in [3.63, 3.8) is 0 Å². The molecule has 0 atom stereocenters. The zero-order chi connectivity index (χ0) is 70.3. The maximum Gasteiger partial charge on any atom is 0.160 e. The summed E-state index contributed by atoms with van der Waals surface area (Å²) in [5, 5.41) is 7.58. The van der Waals surface area contributed by atoms with Crippen LogP contribution >= 0.6 is 0 Å². The Morgan fingerprint density at radius 2 is 0.491 bits per heavy atom. The van der Waals surface area contributed by atoms with Gasteiger partial charge in [0.15, 0.2) is 11.6 Å². The molecule has 0 unspecified atom stereocenters. The minimum atomic E-state index is 0.676. The Bertz CT molecular complexity index is 6700. The SMILES string of the molecule is c1ccc(-c2ccc(-c3cc(-c4ccc(-c5ccc6ccc7c(-c8ccccc8)c8ccccc8nc7c6n5)cc4)nc(-c4ccccc4)n3)cc2)cc1.c1ccc(-c2ccc(-c3nc(-c4cccc(-c5ccc6ccc7c(-c8ccccc8)c8ccccc8nc7c6n5)c4)nc4ccccc34)cc2)cc1. The van der Waals surface area contributed by atoms with Gasteiger partial charge >= 0.3 is 0 Å². The molecule has 0 saturated carbocycles. The molecule has 0 aliphatic rings. The molecular weight excluding hydrogens is 1290 g/mol. The van der Waals surface area contributed by atoms with E-state index < -0.39 is 0 Å². The number of aromatic nitrogens is 8. The van der Waals surface area contributed by atoms with Gasteiger partial charge in [-0.3, -0.25) is 0 Å². The molecule has 20 rings (SSSR count). The molecule has 0 bridgehead atoms. The molecule has 14 aromatic carbocycles.